The van der Waals surface area contributed by atoms with Gasteiger partial charge in [0.25, 0.3) is 0 Å². The molecule has 0 aromatic heterocycles. The average molecular weight is 366 g/mol. The molecule has 0 fully saturated rings. The Hall–Kier alpha value is -2.04. The molecule has 0 aliphatic carbocycles. The third-order valence-corrected chi connectivity index (χ3v) is 3.55. The third kappa shape index (κ3) is 4.73. The molecule has 1 amide bonds. The van der Waals surface area contributed by atoms with E-state index in [-0.39, 0.29) is 11.3 Å². The van der Waals surface area contributed by atoms with E-state index in [0.29, 0.717) is 21.3 Å². The molecule has 0 aliphatic rings. The summed E-state index contributed by atoms with van der Waals surface area (Å²) in [5.74, 6) is -0.339. The largest absolute Gasteiger partial charge is 0.444 e. The first-order valence-corrected chi connectivity index (χ1v) is 8.02. The summed E-state index contributed by atoms with van der Waals surface area (Å²) in [4.78, 5) is 24.8. The van der Waals surface area contributed by atoms with Crippen molar-refractivity contribution in [3.8, 4) is 0 Å². The Labute approximate surface area is 150 Å². The van der Waals surface area contributed by atoms with Gasteiger partial charge >= 0.3 is 6.09 Å². The maximum Gasteiger partial charge on any atom is 0.412 e. The van der Waals surface area contributed by atoms with Crippen LogP contribution in [0.3, 0.4) is 0 Å². The molecule has 0 heterocycles. The molecule has 0 bridgehead atoms. The van der Waals surface area contributed by atoms with E-state index in [0.717, 1.165) is 0 Å². The summed E-state index contributed by atoms with van der Waals surface area (Å²) in [6.07, 6.45) is -0.655. The Morgan fingerprint density at radius 2 is 1.67 bits per heavy atom. The van der Waals surface area contributed by atoms with Crippen molar-refractivity contribution in [1.29, 1.82) is 0 Å². The molecule has 0 spiro atoms. The van der Waals surface area contributed by atoms with Crippen LogP contribution in [0.1, 0.15) is 36.7 Å². The van der Waals surface area contributed by atoms with Gasteiger partial charge in [0.15, 0.2) is 5.78 Å². The quantitative estimate of drug-likeness (QED) is 0.723. The van der Waals surface area contributed by atoms with Crippen LogP contribution in [0.2, 0.25) is 10.0 Å². The second kappa shape index (κ2) is 7.24. The minimum Gasteiger partial charge on any atom is -0.444 e. The van der Waals surface area contributed by atoms with E-state index in [1.165, 1.54) is 6.07 Å². The van der Waals surface area contributed by atoms with Crippen LogP contribution < -0.4 is 5.32 Å². The summed E-state index contributed by atoms with van der Waals surface area (Å²) >= 11 is 12.1. The van der Waals surface area contributed by atoms with Crippen molar-refractivity contribution in [3.05, 3.63) is 63.6 Å². The van der Waals surface area contributed by atoms with Gasteiger partial charge in [0, 0.05) is 16.1 Å². The average Bonchev–Trinajstić information content (AvgIpc) is 2.47. The molecule has 6 heteroatoms. The second-order valence-electron chi connectivity index (χ2n) is 6.13. The third-order valence-electron chi connectivity index (χ3n) is 2.98. The zero-order valence-corrected chi connectivity index (χ0v) is 15.0. The number of carbonyl (C=O) groups is 2. The van der Waals surface area contributed by atoms with Crippen LogP contribution in [0.15, 0.2) is 42.5 Å². The number of halogens is 2. The summed E-state index contributed by atoms with van der Waals surface area (Å²) in [6.45, 7) is 5.26. The zero-order valence-electron chi connectivity index (χ0n) is 13.5. The highest BCUT2D eigenvalue weighted by atomic mass is 35.5. The van der Waals surface area contributed by atoms with E-state index in [4.69, 9.17) is 27.9 Å². The molecule has 0 atom stereocenters. The Kier molecular flexibility index (Phi) is 5.52. The van der Waals surface area contributed by atoms with Crippen molar-refractivity contribution < 1.29 is 14.3 Å². The molecule has 1 N–H and O–H groups in total. The van der Waals surface area contributed by atoms with Gasteiger partial charge in [0.1, 0.15) is 5.60 Å². The first-order chi connectivity index (χ1) is 11.2. The first kappa shape index (κ1) is 18.3. The van der Waals surface area contributed by atoms with Crippen LogP contribution in [0.25, 0.3) is 0 Å². The lowest BCUT2D eigenvalue weighted by atomic mass is 10.0. The Balaban J connectivity index is 2.36. The van der Waals surface area contributed by atoms with Crippen molar-refractivity contribution in [1.82, 2.24) is 0 Å². The van der Waals surface area contributed by atoms with E-state index in [1.54, 1.807) is 57.2 Å². The van der Waals surface area contributed by atoms with Crippen molar-refractivity contribution in [2.45, 2.75) is 26.4 Å². The van der Waals surface area contributed by atoms with Gasteiger partial charge < -0.3 is 4.74 Å². The van der Waals surface area contributed by atoms with Crippen molar-refractivity contribution in [3.63, 3.8) is 0 Å². The molecular formula is C18H17Cl2NO3. The van der Waals surface area contributed by atoms with Crippen molar-refractivity contribution >= 4 is 40.8 Å². The van der Waals surface area contributed by atoms with Gasteiger partial charge in [-0.15, -0.1) is 0 Å². The molecule has 0 aliphatic heterocycles. The normalized spacial score (nSPS) is 11.0. The van der Waals surface area contributed by atoms with E-state index in [1.807, 2.05) is 0 Å². The molecule has 126 valence electrons. The fraction of sp³-hybridized carbons (Fsp3) is 0.222. The summed E-state index contributed by atoms with van der Waals surface area (Å²) in [6, 6.07) is 11.3. The number of carbonyl (C=O) groups excluding carboxylic acids is 2. The van der Waals surface area contributed by atoms with Crippen LogP contribution in [0.5, 0.6) is 0 Å². The topological polar surface area (TPSA) is 55.4 Å². The van der Waals surface area contributed by atoms with Gasteiger partial charge in [-0.3, -0.25) is 10.1 Å². The fourth-order valence-electron chi connectivity index (χ4n) is 2.02. The second-order valence-corrected chi connectivity index (χ2v) is 6.97. The lowest BCUT2D eigenvalue weighted by Crippen LogP contribution is -2.27. The monoisotopic (exact) mass is 365 g/mol. The highest BCUT2D eigenvalue weighted by Crippen LogP contribution is 2.27. The molecule has 24 heavy (non-hydrogen) atoms. The fourth-order valence-corrected chi connectivity index (χ4v) is 2.41. The Bertz CT molecular complexity index is 782. The van der Waals surface area contributed by atoms with Crippen LogP contribution in [-0.2, 0) is 4.74 Å². The summed E-state index contributed by atoms with van der Waals surface area (Å²) in [7, 11) is 0. The summed E-state index contributed by atoms with van der Waals surface area (Å²) < 4.78 is 5.22. The summed E-state index contributed by atoms with van der Waals surface area (Å²) in [5, 5.41) is 3.28. The van der Waals surface area contributed by atoms with Gasteiger partial charge in [-0.1, -0.05) is 35.3 Å². The van der Waals surface area contributed by atoms with E-state index in [2.05, 4.69) is 5.32 Å². The Morgan fingerprint density at radius 1 is 1.00 bits per heavy atom. The van der Waals surface area contributed by atoms with Gasteiger partial charge in [0.2, 0.25) is 0 Å². The highest BCUT2D eigenvalue weighted by Gasteiger charge is 2.21. The number of rotatable bonds is 3. The number of nitrogens with one attached hydrogen (secondary N) is 1. The minimum absolute atomic E-state index is 0.237. The van der Waals surface area contributed by atoms with E-state index >= 15 is 0 Å². The molecule has 0 saturated carbocycles. The SMILES string of the molecule is CC(C)(C)OC(=O)Nc1ccc(Cl)cc1C(=O)c1ccccc1Cl. The first-order valence-electron chi connectivity index (χ1n) is 7.26. The predicted octanol–water partition coefficient (Wildman–Crippen LogP) is 5.57. The number of amides is 1. The van der Waals surface area contributed by atoms with Crippen molar-refractivity contribution in [2.24, 2.45) is 0 Å². The molecule has 4 nitrogen and oxygen atoms in total. The highest BCUT2D eigenvalue weighted by molar-refractivity contribution is 6.36. The van der Waals surface area contributed by atoms with Crippen LogP contribution in [0, 0.1) is 0 Å². The number of ketones is 1. The zero-order chi connectivity index (χ0) is 17.9. The minimum atomic E-state index is -0.655. The Morgan fingerprint density at radius 3 is 2.29 bits per heavy atom. The number of benzene rings is 2. The predicted molar refractivity (Wildman–Crippen MR) is 96.2 cm³/mol. The lowest BCUT2D eigenvalue weighted by Gasteiger charge is -2.20. The van der Waals surface area contributed by atoms with Crippen LogP contribution in [0.4, 0.5) is 10.5 Å². The number of hydrogen-bond donors (Lipinski definition) is 1. The standard InChI is InChI=1S/C18H17Cl2NO3/c1-18(2,3)24-17(23)21-15-9-8-11(19)10-13(15)16(22)12-6-4-5-7-14(12)20/h4-10H,1-3H3,(H,21,23). The van der Waals surface area contributed by atoms with Crippen molar-refractivity contribution in [2.75, 3.05) is 5.32 Å². The number of ether oxygens (including phenoxy) is 1. The smallest absolute Gasteiger partial charge is 0.412 e. The molecule has 0 saturated heterocycles. The molecule has 2 rings (SSSR count). The van der Waals surface area contributed by atoms with Gasteiger partial charge in [-0.25, -0.2) is 4.79 Å². The summed E-state index contributed by atoms with van der Waals surface area (Å²) in [5.41, 5.74) is 0.220. The molecule has 0 unspecified atom stereocenters. The molecule has 2 aromatic carbocycles. The van der Waals surface area contributed by atoms with Gasteiger partial charge in [0.05, 0.1) is 10.7 Å². The maximum atomic E-state index is 12.8. The van der Waals surface area contributed by atoms with Crippen LogP contribution >= 0.6 is 23.2 Å². The van der Waals surface area contributed by atoms with E-state index in [9.17, 15) is 9.59 Å². The molecular weight excluding hydrogens is 349 g/mol. The van der Waals surface area contributed by atoms with Gasteiger partial charge in [-0.05, 0) is 51.1 Å². The van der Waals surface area contributed by atoms with Crippen LogP contribution in [-0.4, -0.2) is 17.5 Å². The molecule has 0 radical (unpaired) electrons. The number of hydrogen-bond acceptors (Lipinski definition) is 3. The van der Waals surface area contributed by atoms with Gasteiger partial charge in [-0.2, -0.15) is 0 Å². The lowest BCUT2D eigenvalue weighted by molar-refractivity contribution is 0.0636. The van der Waals surface area contributed by atoms with E-state index < -0.39 is 11.7 Å². The maximum absolute atomic E-state index is 12.8. The number of anilines is 1. The molecule has 2 aromatic rings.